The molecule has 2 heterocycles. The normalized spacial score (nSPS) is 28.4. The highest BCUT2D eigenvalue weighted by Gasteiger charge is 2.83. The standard InChI is InChI=1S/C23H23F2N3O2S/c1-4-30-20(29)22(3)19(23(22,24)25)15-7-5-14(6-8-15)16-11-13(2)18-17(16)12-27-28(18)21-26-9-10-31-21/h5-10,12-13,16,19H,4,11H2,1-3H3/t13?,16?,19-,22+/m1/s1. The van der Waals surface area contributed by atoms with Crippen LogP contribution in [0.4, 0.5) is 8.78 Å². The third-order valence-electron chi connectivity index (χ3n) is 6.79. The Morgan fingerprint density at radius 1 is 1.29 bits per heavy atom. The van der Waals surface area contributed by atoms with E-state index in [1.54, 1.807) is 36.6 Å². The molecule has 2 unspecified atom stereocenters. The molecule has 0 aliphatic heterocycles. The van der Waals surface area contributed by atoms with Gasteiger partial charge in [-0.1, -0.05) is 31.2 Å². The van der Waals surface area contributed by atoms with E-state index >= 15 is 0 Å². The summed E-state index contributed by atoms with van der Waals surface area (Å²) in [5.74, 6) is -4.63. The van der Waals surface area contributed by atoms with Gasteiger partial charge in [-0.3, -0.25) is 4.79 Å². The molecule has 5 nitrogen and oxygen atoms in total. The second-order valence-corrected chi connectivity index (χ2v) is 9.42. The zero-order valence-corrected chi connectivity index (χ0v) is 18.3. The number of carbonyl (C=O) groups is 1. The van der Waals surface area contributed by atoms with Gasteiger partial charge >= 0.3 is 5.97 Å². The van der Waals surface area contributed by atoms with Crippen molar-refractivity contribution in [2.45, 2.75) is 50.9 Å². The number of carbonyl (C=O) groups excluding carboxylic acids is 1. The quantitative estimate of drug-likeness (QED) is 0.504. The summed E-state index contributed by atoms with van der Waals surface area (Å²) in [6.07, 6.45) is 4.59. The highest BCUT2D eigenvalue weighted by atomic mass is 32.1. The number of halogens is 2. The molecule has 4 atom stereocenters. The summed E-state index contributed by atoms with van der Waals surface area (Å²) in [7, 11) is 0. The Hall–Kier alpha value is -2.61. The first-order chi connectivity index (χ1) is 14.8. The van der Waals surface area contributed by atoms with Crippen molar-refractivity contribution in [2.24, 2.45) is 5.41 Å². The molecule has 1 aromatic carbocycles. The minimum Gasteiger partial charge on any atom is -0.465 e. The Morgan fingerprint density at radius 2 is 2.00 bits per heavy atom. The van der Waals surface area contributed by atoms with Crippen LogP contribution >= 0.6 is 11.3 Å². The average molecular weight is 444 g/mol. The van der Waals surface area contributed by atoms with E-state index in [9.17, 15) is 13.6 Å². The van der Waals surface area contributed by atoms with Gasteiger partial charge in [0.25, 0.3) is 5.92 Å². The fraction of sp³-hybridized carbons (Fsp3) is 0.435. The third-order valence-corrected chi connectivity index (χ3v) is 7.54. The monoisotopic (exact) mass is 443 g/mol. The van der Waals surface area contributed by atoms with Gasteiger partial charge in [0.15, 0.2) is 0 Å². The minimum atomic E-state index is -3.11. The van der Waals surface area contributed by atoms with E-state index in [2.05, 4.69) is 17.0 Å². The second kappa shape index (κ2) is 6.95. The molecule has 162 valence electrons. The van der Waals surface area contributed by atoms with E-state index < -0.39 is 23.2 Å². The van der Waals surface area contributed by atoms with Crippen molar-refractivity contribution in [2.75, 3.05) is 6.61 Å². The topological polar surface area (TPSA) is 57.0 Å². The molecule has 31 heavy (non-hydrogen) atoms. The van der Waals surface area contributed by atoms with Gasteiger partial charge in [0.1, 0.15) is 5.41 Å². The zero-order valence-electron chi connectivity index (χ0n) is 17.5. The Bertz CT molecular complexity index is 1130. The van der Waals surface area contributed by atoms with Crippen molar-refractivity contribution in [3.63, 3.8) is 0 Å². The zero-order chi connectivity index (χ0) is 22.0. The lowest BCUT2D eigenvalue weighted by Gasteiger charge is -2.12. The number of thiazole rings is 1. The number of hydrogen-bond acceptors (Lipinski definition) is 5. The molecule has 5 rings (SSSR count). The molecule has 0 amide bonds. The molecule has 2 aromatic heterocycles. The smallest absolute Gasteiger partial charge is 0.318 e. The van der Waals surface area contributed by atoms with Gasteiger partial charge in [0.05, 0.1) is 24.4 Å². The molecule has 1 saturated carbocycles. The first-order valence-electron chi connectivity index (χ1n) is 10.4. The number of fused-ring (bicyclic) bond motifs is 1. The molecular weight excluding hydrogens is 420 g/mol. The molecule has 2 aliphatic rings. The first kappa shape index (κ1) is 20.3. The number of ether oxygens (including phenoxy) is 1. The Morgan fingerprint density at radius 3 is 2.65 bits per heavy atom. The Balaban J connectivity index is 1.42. The van der Waals surface area contributed by atoms with Crippen molar-refractivity contribution in [1.82, 2.24) is 14.8 Å². The lowest BCUT2D eigenvalue weighted by Crippen LogP contribution is -2.22. The van der Waals surface area contributed by atoms with Crippen LogP contribution in [0.5, 0.6) is 0 Å². The lowest BCUT2D eigenvalue weighted by atomic mass is 9.91. The molecule has 8 heteroatoms. The fourth-order valence-corrected chi connectivity index (χ4v) is 5.65. The van der Waals surface area contributed by atoms with Gasteiger partial charge in [-0.2, -0.15) is 5.10 Å². The van der Waals surface area contributed by atoms with Crippen molar-refractivity contribution < 1.29 is 18.3 Å². The number of rotatable bonds is 5. The van der Waals surface area contributed by atoms with Gasteiger partial charge in [-0.05, 0) is 37.3 Å². The summed E-state index contributed by atoms with van der Waals surface area (Å²) in [5.41, 5.74) is 2.05. The van der Waals surface area contributed by atoms with Gasteiger partial charge in [0, 0.05) is 23.1 Å². The largest absolute Gasteiger partial charge is 0.465 e. The van der Waals surface area contributed by atoms with Crippen LogP contribution < -0.4 is 0 Å². The van der Waals surface area contributed by atoms with E-state index in [4.69, 9.17) is 4.74 Å². The average Bonchev–Trinajstić information content (AvgIpc) is 3.31. The second-order valence-electron chi connectivity index (χ2n) is 8.55. The van der Waals surface area contributed by atoms with Crippen molar-refractivity contribution in [3.8, 4) is 5.13 Å². The SMILES string of the molecule is CCOC(=O)[C@]1(C)[C@@H](c2ccc(C3CC(C)c4c3cnn4-c3nccs3)cc2)C1(F)F. The Labute approximate surface area is 183 Å². The summed E-state index contributed by atoms with van der Waals surface area (Å²) in [6.45, 7) is 5.18. The molecule has 0 radical (unpaired) electrons. The van der Waals surface area contributed by atoms with Crippen LogP contribution in [0.2, 0.25) is 0 Å². The van der Waals surface area contributed by atoms with Crippen LogP contribution in [0.15, 0.2) is 42.0 Å². The third kappa shape index (κ3) is 2.80. The molecule has 0 spiro atoms. The minimum absolute atomic E-state index is 0.0903. The lowest BCUT2D eigenvalue weighted by molar-refractivity contribution is -0.153. The predicted molar refractivity (Wildman–Crippen MR) is 113 cm³/mol. The summed E-state index contributed by atoms with van der Waals surface area (Å²) in [4.78, 5) is 16.5. The summed E-state index contributed by atoms with van der Waals surface area (Å²) >= 11 is 1.54. The van der Waals surface area contributed by atoms with Gasteiger partial charge < -0.3 is 4.74 Å². The number of esters is 1. The summed E-state index contributed by atoms with van der Waals surface area (Å²) in [6, 6.07) is 7.27. The van der Waals surface area contributed by atoms with Crippen LogP contribution in [-0.4, -0.2) is 33.3 Å². The number of hydrogen-bond donors (Lipinski definition) is 0. The van der Waals surface area contributed by atoms with Gasteiger partial charge in [-0.25, -0.2) is 18.4 Å². The van der Waals surface area contributed by atoms with Gasteiger partial charge in [-0.15, -0.1) is 11.3 Å². The number of aromatic nitrogens is 3. The molecule has 1 fully saturated rings. The summed E-state index contributed by atoms with van der Waals surface area (Å²) < 4.78 is 36.0. The van der Waals surface area contributed by atoms with Crippen LogP contribution in [0, 0.1) is 5.41 Å². The molecule has 3 aromatic rings. The summed E-state index contributed by atoms with van der Waals surface area (Å²) in [5, 5.41) is 7.32. The van der Waals surface area contributed by atoms with Crippen molar-refractivity contribution in [3.05, 3.63) is 64.4 Å². The fourth-order valence-electron chi connectivity index (χ4n) is 5.04. The van der Waals surface area contributed by atoms with Crippen LogP contribution in [0.1, 0.15) is 67.3 Å². The molecule has 0 bridgehead atoms. The van der Waals surface area contributed by atoms with E-state index in [-0.39, 0.29) is 12.5 Å². The molecule has 0 N–H and O–H groups in total. The Kier molecular flexibility index (Phi) is 4.55. The van der Waals surface area contributed by atoms with Crippen LogP contribution in [0.25, 0.3) is 5.13 Å². The van der Waals surface area contributed by atoms with Crippen LogP contribution in [0.3, 0.4) is 0 Å². The molecular formula is C23H23F2N3O2S. The number of alkyl halides is 2. The predicted octanol–water partition coefficient (Wildman–Crippen LogP) is 5.27. The maximum absolute atomic E-state index is 14.6. The van der Waals surface area contributed by atoms with Gasteiger partial charge in [0.2, 0.25) is 5.13 Å². The number of nitrogens with zero attached hydrogens (tertiary/aromatic N) is 3. The molecule has 2 aliphatic carbocycles. The highest BCUT2D eigenvalue weighted by Crippen LogP contribution is 2.71. The molecule has 0 saturated heterocycles. The maximum Gasteiger partial charge on any atom is 0.318 e. The first-order valence-corrected chi connectivity index (χ1v) is 11.3. The highest BCUT2D eigenvalue weighted by molar-refractivity contribution is 7.12. The van der Waals surface area contributed by atoms with Crippen molar-refractivity contribution in [1.29, 1.82) is 0 Å². The maximum atomic E-state index is 14.6. The van der Waals surface area contributed by atoms with E-state index in [0.717, 1.165) is 28.4 Å². The van der Waals surface area contributed by atoms with E-state index in [1.165, 1.54) is 6.92 Å². The van der Waals surface area contributed by atoms with E-state index in [1.807, 2.05) is 28.4 Å². The van der Waals surface area contributed by atoms with Crippen molar-refractivity contribution >= 4 is 17.3 Å². The van der Waals surface area contributed by atoms with E-state index in [0.29, 0.717) is 11.5 Å². The number of benzene rings is 1. The van der Waals surface area contributed by atoms with Crippen LogP contribution in [-0.2, 0) is 9.53 Å².